The summed E-state index contributed by atoms with van der Waals surface area (Å²) in [6, 6.07) is -1.29. The maximum atomic E-state index is 11.8. The number of carbonyl (C=O) groups is 2. The molecule has 0 aliphatic carbocycles. The highest BCUT2D eigenvalue weighted by atomic mass is 79.9. The minimum absolute atomic E-state index is 0.0223. The number of carbonyl (C=O) groups excluding carboxylic acids is 2. The molecular formula is C7H9BrF3NO3. The minimum Gasteiger partial charge on any atom is -0.467 e. The summed E-state index contributed by atoms with van der Waals surface area (Å²) in [6.07, 6.45) is -4.98. The summed E-state index contributed by atoms with van der Waals surface area (Å²) in [6.45, 7) is 0. The third kappa shape index (κ3) is 5.01. The van der Waals surface area contributed by atoms with Gasteiger partial charge in [0.25, 0.3) is 0 Å². The molecule has 0 aliphatic heterocycles. The predicted octanol–water partition coefficient (Wildman–Crippen LogP) is 0.991. The molecule has 0 bridgehead atoms. The zero-order valence-electron chi connectivity index (χ0n) is 7.73. The molecule has 88 valence electrons. The van der Waals surface area contributed by atoms with Gasteiger partial charge in [0.05, 0.1) is 7.11 Å². The molecule has 0 aromatic carbocycles. The Morgan fingerprint density at radius 3 is 2.33 bits per heavy atom. The predicted molar refractivity (Wildman–Crippen MR) is 48.4 cm³/mol. The molecule has 0 saturated heterocycles. The molecule has 1 atom stereocenters. The van der Waals surface area contributed by atoms with Crippen LogP contribution in [0.15, 0.2) is 0 Å². The first-order chi connectivity index (χ1) is 6.82. The topological polar surface area (TPSA) is 55.4 Å². The number of nitrogens with one attached hydrogen (secondary N) is 1. The molecule has 0 aromatic heterocycles. The molecule has 0 spiro atoms. The summed E-state index contributed by atoms with van der Waals surface area (Å²) in [4.78, 5) is 21.5. The van der Waals surface area contributed by atoms with Gasteiger partial charge in [0.15, 0.2) is 0 Å². The van der Waals surface area contributed by atoms with E-state index in [0.29, 0.717) is 0 Å². The van der Waals surface area contributed by atoms with Gasteiger partial charge in [0, 0.05) is 5.33 Å². The Kier molecular flexibility index (Phi) is 5.63. The fourth-order valence-corrected chi connectivity index (χ4v) is 1.20. The van der Waals surface area contributed by atoms with Crippen LogP contribution in [0.4, 0.5) is 13.2 Å². The largest absolute Gasteiger partial charge is 0.471 e. The Balaban J connectivity index is 4.42. The number of rotatable bonds is 4. The van der Waals surface area contributed by atoms with Gasteiger partial charge in [-0.15, -0.1) is 0 Å². The van der Waals surface area contributed by atoms with Crippen LogP contribution in [0.3, 0.4) is 0 Å². The van der Waals surface area contributed by atoms with E-state index in [1.165, 1.54) is 0 Å². The molecule has 0 saturated carbocycles. The smallest absolute Gasteiger partial charge is 0.467 e. The van der Waals surface area contributed by atoms with Gasteiger partial charge in [-0.05, 0) is 6.42 Å². The van der Waals surface area contributed by atoms with Gasteiger partial charge in [-0.25, -0.2) is 4.79 Å². The van der Waals surface area contributed by atoms with Crippen LogP contribution in [0.1, 0.15) is 6.42 Å². The van der Waals surface area contributed by atoms with Crippen molar-refractivity contribution in [2.45, 2.75) is 18.6 Å². The van der Waals surface area contributed by atoms with E-state index >= 15 is 0 Å². The lowest BCUT2D eigenvalue weighted by molar-refractivity contribution is -0.175. The average molecular weight is 292 g/mol. The van der Waals surface area contributed by atoms with Crippen LogP contribution in [0.2, 0.25) is 0 Å². The van der Waals surface area contributed by atoms with E-state index in [1.807, 2.05) is 0 Å². The highest BCUT2D eigenvalue weighted by Gasteiger charge is 2.40. The number of hydrogen-bond donors (Lipinski definition) is 1. The Hall–Kier alpha value is -0.790. The van der Waals surface area contributed by atoms with Crippen molar-refractivity contribution in [1.29, 1.82) is 0 Å². The van der Waals surface area contributed by atoms with Crippen LogP contribution in [-0.4, -0.2) is 36.5 Å². The molecule has 0 aliphatic rings. The van der Waals surface area contributed by atoms with E-state index in [-0.39, 0.29) is 11.8 Å². The summed E-state index contributed by atoms with van der Waals surface area (Å²) in [5, 5.41) is 1.81. The van der Waals surface area contributed by atoms with Crippen molar-refractivity contribution in [3.63, 3.8) is 0 Å². The Labute approximate surface area is 92.3 Å². The molecule has 1 unspecified atom stereocenters. The van der Waals surface area contributed by atoms with E-state index in [2.05, 4.69) is 20.7 Å². The number of amides is 1. The number of alkyl halides is 4. The number of hydrogen-bond acceptors (Lipinski definition) is 3. The van der Waals surface area contributed by atoms with Crippen LogP contribution >= 0.6 is 15.9 Å². The van der Waals surface area contributed by atoms with Crippen LogP contribution < -0.4 is 5.32 Å². The molecule has 0 rings (SSSR count). The molecule has 0 fully saturated rings. The van der Waals surface area contributed by atoms with Crippen LogP contribution in [0.5, 0.6) is 0 Å². The second-order valence-corrected chi connectivity index (χ2v) is 3.32. The second-order valence-electron chi connectivity index (χ2n) is 2.52. The average Bonchev–Trinajstić information content (AvgIpc) is 2.14. The standard InChI is InChI=1S/C7H9BrF3NO3/c1-15-5(13)4(2-3-8)12-6(14)7(9,10)11/h4H,2-3H2,1H3,(H,12,14). The molecule has 1 N–H and O–H groups in total. The monoisotopic (exact) mass is 291 g/mol. The normalized spacial score (nSPS) is 13.1. The minimum atomic E-state index is -5.00. The summed E-state index contributed by atoms with van der Waals surface area (Å²) < 4.78 is 39.8. The Morgan fingerprint density at radius 1 is 1.47 bits per heavy atom. The third-order valence-electron chi connectivity index (χ3n) is 1.45. The SMILES string of the molecule is COC(=O)C(CCBr)NC(=O)C(F)(F)F. The zero-order chi connectivity index (χ0) is 12.1. The van der Waals surface area contributed by atoms with Crippen molar-refractivity contribution in [1.82, 2.24) is 5.32 Å². The van der Waals surface area contributed by atoms with Crippen molar-refractivity contribution < 1.29 is 27.5 Å². The molecule has 0 heterocycles. The molecule has 0 aromatic rings. The third-order valence-corrected chi connectivity index (χ3v) is 1.90. The maximum Gasteiger partial charge on any atom is 0.471 e. The van der Waals surface area contributed by atoms with Crippen molar-refractivity contribution in [2.75, 3.05) is 12.4 Å². The molecule has 8 heteroatoms. The van der Waals surface area contributed by atoms with Gasteiger partial charge in [-0.2, -0.15) is 13.2 Å². The van der Waals surface area contributed by atoms with E-state index in [4.69, 9.17) is 0 Å². The highest BCUT2D eigenvalue weighted by Crippen LogP contribution is 2.15. The fourth-order valence-electron chi connectivity index (χ4n) is 0.740. The summed E-state index contributed by atoms with van der Waals surface area (Å²) in [5.41, 5.74) is 0. The van der Waals surface area contributed by atoms with Crippen LogP contribution in [-0.2, 0) is 14.3 Å². The van der Waals surface area contributed by atoms with E-state index < -0.39 is 24.1 Å². The van der Waals surface area contributed by atoms with Gasteiger partial charge in [-0.3, -0.25) is 4.79 Å². The first-order valence-corrected chi connectivity index (χ1v) is 4.96. The molecular weight excluding hydrogens is 283 g/mol. The number of esters is 1. The van der Waals surface area contributed by atoms with Gasteiger partial charge < -0.3 is 10.1 Å². The number of ether oxygens (including phenoxy) is 1. The van der Waals surface area contributed by atoms with Crippen molar-refractivity contribution in [3.05, 3.63) is 0 Å². The van der Waals surface area contributed by atoms with E-state index in [0.717, 1.165) is 7.11 Å². The van der Waals surface area contributed by atoms with E-state index in [1.54, 1.807) is 5.32 Å². The van der Waals surface area contributed by atoms with E-state index in [9.17, 15) is 22.8 Å². The summed E-state index contributed by atoms with van der Waals surface area (Å²) in [7, 11) is 1.03. The molecule has 15 heavy (non-hydrogen) atoms. The quantitative estimate of drug-likeness (QED) is 0.621. The van der Waals surface area contributed by atoms with Crippen molar-refractivity contribution >= 4 is 27.8 Å². The summed E-state index contributed by atoms with van der Waals surface area (Å²) in [5.74, 6) is -3.06. The Bertz CT molecular complexity index is 244. The lowest BCUT2D eigenvalue weighted by Crippen LogP contribution is -2.47. The highest BCUT2D eigenvalue weighted by molar-refractivity contribution is 9.09. The van der Waals surface area contributed by atoms with Crippen molar-refractivity contribution in [3.8, 4) is 0 Å². The van der Waals surface area contributed by atoms with Gasteiger partial charge >= 0.3 is 18.1 Å². The van der Waals surface area contributed by atoms with Gasteiger partial charge in [-0.1, -0.05) is 15.9 Å². The zero-order valence-corrected chi connectivity index (χ0v) is 9.31. The first-order valence-electron chi connectivity index (χ1n) is 3.84. The summed E-state index contributed by atoms with van der Waals surface area (Å²) >= 11 is 2.95. The maximum absolute atomic E-state index is 11.8. The molecule has 1 amide bonds. The second kappa shape index (κ2) is 5.94. The van der Waals surface area contributed by atoms with Gasteiger partial charge in [0.1, 0.15) is 6.04 Å². The Morgan fingerprint density at radius 2 is 2.00 bits per heavy atom. The lowest BCUT2D eigenvalue weighted by Gasteiger charge is -2.16. The molecule has 0 radical (unpaired) electrons. The van der Waals surface area contributed by atoms with Gasteiger partial charge in [0.2, 0.25) is 0 Å². The molecule has 4 nitrogen and oxygen atoms in total. The van der Waals surface area contributed by atoms with Crippen LogP contribution in [0, 0.1) is 0 Å². The fraction of sp³-hybridized carbons (Fsp3) is 0.714. The number of methoxy groups -OCH3 is 1. The number of halogens is 4. The lowest BCUT2D eigenvalue weighted by atomic mass is 10.2. The van der Waals surface area contributed by atoms with Crippen molar-refractivity contribution in [2.24, 2.45) is 0 Å². The van der Waals surface area contributed by atoms with Crippen LogP contribution in [0.25, 0.3) is 0 Å². The first kappa shape index (κ1) is 14.2.